The van der Waals surface area contributed by atoms with Gasteiger partial charge in [-0.05, 0) is 30.5 Å². The van der Waals surface area contributed by atoms with E-state index in [0.717, 1.165) is 44.0 Å². The van der Waals surface area contributed by atoms with E-state index in [4.69, 9.17) is 46.4 Å². The van der Waals surface area contributed by atoms with Crippen molar-refractivity contribution in [1.82, 2.24) is 4.98 Å². The molecule has 0 radical (unpaired) electrons. The maximum absolute atomic E-state index is 5.19. The van der Waals surface area contributed by atoms with E-state index in [1.807, 2.05) is 0 Å². The van der Waals surface area contributed by atoms with Crippen LogP contribution in [0.2, 0.25) is 0 Å². The molecule has 5 nitrogen and oxygen atoms in total. The maximum atomic E-state index is 5.19. The molecular formula is C35H59Cl2MnN5-4. The summed E-state index contributed by atoms with van der Waals surface area (Å²) in [7, 11) is 9.59. The van der Waals surface area contributed by atoms with Crippen molar-refractivity contribution in [1.29, 1.82) is 0 Å². The second kappa shape index (κ2) is 24.3. The van der Waals surface area contributed by atoms with E-state index in [2.05, 4.69) is 19.1 Å². The molecule has 249 valence electrons. The molecule has 3 aliphatic rings. The predicted octanol–water partition coefficient (Wildman–Crippen LogP) is 11.8. The van der Waals surface area contributed by atoms with Gasteiger partial charge in [0.05, 0.1) is 0 Å². The summed E-state index contributed by atoms with van der Waals surface area (Å²) in [5, 5.41) is 20.6. The van der Waals surface area contributed by atoms with Crippen LogP contribution in [0.5, 0.6) is 0 Å². The van der Waals surface area contributed by atoms with Crippen LogP contribution in [0.3, 0.4) is 0 Å². The molecule has 4 rings (SSSR count). The average Bonchev–Trinajstić information content (AvgIpc) is 3.03. The molecule has 1 aromatic rings. The van der Waals surface area contributed by atoms with Crippen LogP contribution in [0.15, 0.2) is 12.1 Å². The van der Waals surface area contributed by atoms with Crippen molar-refractivity contribution in [3.8, 4) is 0 Å². The van der Waals surface area contributed by atoms with Crippen LogP contribution in [0.1, 0.15) is 152 Å². The summed E-state index contributed by atoms with van der Waals surface area (Å²) in [5.41, 5.74) is 3.73. The van der Waals surface area contributed by atoms with E-state index in [0.29, 0.717) is 24.2 Å². The Balaban J connectivity index is 0.00000162. The molecule has 0 spiro atoms. The van der Waals surface area contributed by atoms with Crippen LogP contribution in [0.4, 0.5) is 0 Å². The number of pyridine rings is 1. The standard InChI is InChI=1S/C35H59N5.2ClH.Mn/c1-2-3-4-5-6-7-8-9-10-11-12-13-18-29-25-30-27-38-34-21-16-14-19-32(34)36-23-24-37-33-20-15-17-22-35(33)39-28-31(26-29)40-30;;;/h25-26,32-35H,2-24,27-28H2,1H3;2*1H;/q-4;;;+2/p-2/t32-,33+,34-,35+;;;. The first-order chi connectivity index (χ1) is 21.2. The number of hydrogen-bond acceptors (Lipinski definition) is 1. The number of nitrogens with zero attached hydrogens (tertiary/aromatic N) is 5. The van der Waals surface area contributed by atoms with Gasteiger partial charge in [0.1, 0.15) is 0 Å². The number of unbranched alkanes of at least 4 members (excludes halogenated alkanes) is 11. The molecule has 1 aromatic heterocycles. The monoisotopic (exact) mass is 674 g/mol. The molecule has 43 heavy (non-hydrogen) atoms. The Kier molecular flexibility index (Phi) is 21.2. The summed E-state index contributed by atoms with van der Waals surface area (Å²) in [6.07, 6.45) is 27.8. The van der Waals surface area contributed by atoms with Crippen LogP contribution >= 0.6 is 20.2 Å². The molecule has 4 atom stereocenters. The van der Waals surface area contributed by atoms with E-state index < -0.39 is 0 Å². The average molecular weight is 676 g/mol. The van der Waals surface area contributed by atoms with Gasteiger partial charge < -0.3 is 21.3 Å². The fraction of sp³-hybridized carbons (Fsp3) is 0.857. The van der Waals surface area contributed by atoms with E-state index in [1.54, 1.807) is 0 Å². The van der Waals surface area contributed by atoms with Crippen molar-refractivity contribution in [3.05, 3.63) is 50.4 Å². The number of hydrogen-bond donors (Lipinski definition) is 0. The molecule has 0 aromatic carbocycles. The SMILES string of the molecule is CCCCCCCCCCCCCCc1cc2nc(c1)C[N-][C@@H]1CCCC[C@H]1[N-]CC[N-][C@H]1CCCC[C@@H]1[N-]C2.[Cl][Mn][Cl]. The predicted molar refractivity (Wildman–Crippen MR) is 183 cm³/mol. The van der Waals surface area contributed by atoms with Gasteiger partial charge in [0, 0.05) is 11.4 Å². The normalized spacial score (nSPS) is 24.9. The van der Waals surface area contributed by atoms with Crippen molar-refractivity contribution in [2.24, 2.45) is 0 Å². The molecule has 2 bridgehead atoms. The number of fused-ring (bicyclic) bond motifs is 4. The summed E-state index contributed by atoms with van der Waals surface area (Å²) in [6.45, 7) is 5.47. The Bertz CT molecular complexity index is 783. The molecular weight excluding hydrogens is 616 g/mol. The molecule has 2 heterocycles. The summed E-state index contributed by atoms with van der Waals surface area (Å²) in [6, 6.07) is 6.16. The zero-order chi connectivity index (χ0) is 30.4. The van der Waals surface area contributed by atoms with Crippen molar-refractivity contribution in [3.63, 3.8) is 0 Å². The van der Waals surface area contributed by atoms with Gasteiger partial charge in [-0.3, -0.25) is 4.98 Å². The fourth-order valence-electron chi connectivity index (χ4n) is 7.10. The van der Waals surface area contributed by atoms with Crippen molar-refractivity contribution in [2.45, 2.75) is 179 Å². The van der Waals surface area contributed by atoms with Gasteiger partial charge in [0.25, 0.3) is 0 Å². The number of aryl methyl sites for hydroxylation is 1. The molecule has 0 unspecified atom stereocenters. The Hall–Kier alpha value is 0.0895. The van der Waals surface area contributed by atoms with Crippen molar-refractivity contribution >= 4 is 20.2 Å². The van der Waals surface area contributed by atoms with Gasteiger partial charge in [-0.15, -0.1) is 13.1 Å². The van der Waals surface area contributed by atoms with E-state index in [1.165, 1.54) is 134 Å². The van der Waals surface area contributed by atoms with Gasteiger partial charge in [-0.2, -0.15) is 37.3 Å². The summed E-state index contributed by atoms with van der Waals surface area (Å²) < 4.78 is 0. The Morgan fingerprint density at radius 3 is 1.40 bits per heavy atom. The molecule has 2 fully saturated rings. The topological polar surface area (TPSA) is 69.3 Å². The van der Waals surface area contributed by atoms with E-state index >= 15 is 0 Å². The van der Waals surface area contributed by atoms with Crippen LogP contribution < -0.4 is 0 Å². The number of aromatic nitrogens is 1. The summed E-state index contributed by atoms with van der Waals surface area (Å²) in [5.74, 6) is 0. The molecule has 0 amide bonds. The van der Waals surface area contributed by atoms with Crippen LogP contribution in [-0.4, -0.2) is 42.2 Å². The number of rotatable bonds is 13. The van der Waals surface area contributed by atoms with Gasteiger partial charge in [0.15, 0.2) is 0 Å². The van der Waals surface area contributed by atoms with Crippen molar-refractivity contribution < 1.29 is 13.1 Å². The third-order valence-electron chi connectivity index (χ3n) is 9.50. The first kappa shape index (κ1) is 37.5. The molecule has 2 aliphatic carbocycles. The quantitative estimate of drug-likeness (QED) is 0.152. The van der Waals surface area contributed by atoms with Crippen LogP contribution in [0.25, 0.3) is 21.3 Å². The zero-order valence-corrected chi connectivity index (χ0v) is 29.7. The van der Waals surface area contributed by atoms with Gasteiger partial charge >= 0.3 is 33.3 Å². The van der Waals surface area contributed by atoms with Crippen LogP contribution in [0, 0.1) is 0 Å². The Morgan fingerprint density at radius 1 is 0.605 bits per heavy atom. The van der Waals surface area contributed by atoms with E-state index in [-0.39, 0.29) is 13.1 Å². The van der Waals surface area contributed by atoms with Gasteiger partial charge in [-0.1, -0.05) is 129 Å². The first-order valence-corrected chi connectivity index (χ1v) is 21.0. The second-order valence-electron chi connectivity index (χ2n) is 13.0. The van der Waals surface area contributed by atoms with Crippen LogP contribution in [-0.2, 0) is 32.6 Å². The third-order valence-corrected chi connectivity index (χ3v) is 9.50. The van der Waals surface area contributed by atoms with Crippen molar-refractivity contribution in [2.75, 3.05) is 13.1 Å². The molecule has 0 N–H and O–H groups in total. The van der Waals surface area contributed by atoms with Gasteiger partial charge in [-0.25, -0.2) is 0 Å². The Morgan fingerprint density at radius 2 is 0.977 bits per heavy atom. The fourth-order valence-corrected chi connectivity index (χ4v) is 7.10. The summed E-state index contributed by atoms with van der Waals surface area (Å²) >= 11 is 0.00694. The third kappa shape index (κ3) is 16.0. The minimum atomic E-state index is 0.00694. The minimum absolute atomic E-state index is 0.00694. The molecule has 8 heteroatoms. The molecule has 1 aliphatic heterocycles. The summed E-state index contributed by atoms with van der Waals surface area (Å²) in [4.78, 5) is 5.08. The van der Waals surface area contributed by atoms with Gasteiger partial charge in [0.2, 0.25) is 0 Å². The molecule has 0 saturated heterocycles. The van der Waals surface area contributed by atoms with E-state index in [9.17, 15) is 0 Å². The molecule has 2 saturated carbocycles. The zero-order valence-electron chi connectivity index (χ0n) is 27.0. The number of halogens is 2. The first-order valence-electron chi connectivity index (χ1n) is 17.8. The second-order valence-corrected chi connectivity index (χ2v) is 14.9. The Labute approximate surface area is 279 Å².